The zero-order valence-electron chi connectivity index (χ0n) is 15.0. The molecule has 0 aliphatic carbocycles. The molecule has 28 heavy (non-hydrogen) atoms. The molecule has 136 valence electrons. The number of phenolic OH excluding ortho intramolecular Hbond substituents is 1. The molecule has 0 atom stereocenters. The van der Waals surface area contributed by atoms with E-state index in [9.17, 15) is 5.11 Å². The van der Waals surface area contributed by atoms with E-state index in [0.29, 0.717) is 28.7 Å². The van der Waals surface area contributed by atoms with Crippen LogP contribution in [0.1, 0.15) is 0 Å². The normalized spacial score (nSPS) is 10.6. The molecule has 2 aromatic heterocycles. The topological polar surface area (TPSA) is 92.2 Å². The molecule has 0 spiro atoms. The Bertz CT molecular complexity index is 1150. The summed E-state index contributed by atoms with van der Waals surface area (Å²) in [5, 5.41) is 16.9. The lowest BCUT2D eigenvalue weighted by molar-refractivity contribution is 0.374. The predicted octanol–water partition coefficient (Wildman–Crippen LogP) is 3.02. The van der Waals surface area contributed by atoms with Crippen molar-refractivity contribution in [2.24, 2.45) is 0 Å². The van der Waals surface area contributed by atoms with E-state index in [0.717, 1.165) is 16.6 Å². The van der Waals surface area contributed by atoms with Crippen LogP contribution in [0.5, 0.6) is 11.5 Å². The molecule has 0 fully saturated rings. The van der Waals surface area contributed by atoms with Crippen LogP contribution in [0.4, 0.5) is 23.1 Å². The number of pyridine rings is 1. The van der Waals surface area contributed by atoms with E-state index in [1.807, 2.05) is 24.3 Å². The molecule has 0 saturated heterocycles. The number of anilines is 4. The number of aromatic hydroxyl groups is 1. The van der Waals surface area contributed by atoms with Gasteiger partial charge in [-0.25, -0.2) is 4.98 Å². The van der Waals surface area contributed by atoms with Crippen molar-refractivity contribution < 1.29 is 9.84 Å². The number of hydrogen-bond acceptors (Lipinski definition) is 7. The molecule has 8 heteroatoms. The second kappa shape index (κ2) is 7.44. The molecule has 3 N–H and O–H groups in total. The fourth-order valence-corrected chi connectivity index (χ4v) is 2.74. The molecule has 0 saturated carbocycles. The molecule has 2 radical (unpaired) electrons. The largest absolute Gasteiger partial charge is 0.504 e. The highest BCUT2D eigenvalue weighted by Crippen LogP contribution is 2.29. The highest BCUT2D eigenvalue weighted by molar-refractivity contribution is 6.33. The van der Waals surface area contributed by atoms with Gasteiger partial charge in [-0.15, -0.1) is 0 Å². The van der Waals surface area contributed by atoms with Crippen LogP contribution in [0.2, 0.25) is 0 Å². The molecular weight excluding hydrogens is 353 g/mol. The quantitative estimate of drug-likeness (QED) is 0.368. The monoisotopic (exact) mass is 369 g/mol. The van der Waals surface area contributed by atoms with Crippen LogP contribution >= 0.6 is 0 Å². The highest BCUT2D eigenvalue weighted by Gasteiger charge is 2.06. The summed E-state index contributed by atoms with van der Waals surface area (Å²) in [6.45, 7) is 0. The van der Waals surface area contributed by atoms with Gasteiger partial charge in [-0.3, -0.25) is 4.98 Å². The third-order valence-corrected chi connectivity index (χ3v) is 4.07. The Balaban J connectivity index is 1.55. The molecule has 4 rings (SSSR count). The molecule has 0 bridgehead atoms. The number of benzene rings is 2. The van der Waals surface area contributed by atoms with Gasteiger partial charge in [0.1, 0.15) is 13.7 Å². The van der Waals surface area contributed by atoms with Gasteiger partial charge in [0.2, 0.25) is 5.95 Å². The predicted molar refractivity (Wildman–Crippen MR) is 110 cm³/mol. The van der Waals surface area contributed by atoms with Gasteiger partial charge in [0.05, 0.1) is 24.5 Å². The molecule has 2 heterocycles. The van der Waals surface area contributed by atoms with E-state index >= 15 is 0 Å². The van der Waals surface area contributed by atoms with Gasteiger partial charge < -0.3 is 20.5 Å². The van der Waals surface area contributed by atoms with Crippen molar-refractivity contribution in [1.82, 2.24) is 15.0 Å². The third kappa shape index (κ3) is 3.80. The highest BCUT2D eigenvalue weighted by atomic mass is 16.5. The number of phenols is 1. The first-order valence-corrected chi connectivity index (χ1v) is 8.50. The molecular formula is C20H16BN5O2. The van der Waals surface area contributed by atoms with Crippen LogP contribution in [0.3, 0.4) is 0 Å². The lowest BCUT2D eigenvalue weighted by Gasteiger charge is -2.10. The summed E-state index contributed by atoms with van der Waals surface area (Å²) in [6, 6.07) is 14.2. The fraction of sp³-hybridized carbons (Fsp3) is 0.0500. The Labute approximate surface area is 162 Å². The van der Waals surface area contributed by atoms with E-state index in [1.165, 1.54) is 13.2 Å². The maximum absolute atomic E-state index is 9.69. The number of nitrogens with one attached hydrogen (secondary N) is 2. The van der Waals surface area contributed by atoms with Crippen LogP contribution in [0, 0.1) is 0 Å². The first-order valence-electron chi connectivity index (χ1n) is 8.50. The molecule has 0 aliphatic rings. The Morgan fingerprint density at radius 2 is 1.86 bits per heavy atom. The van der Waals surface area contributed by atoms with Crippen molar-refractivity contribution in [2.45, 2.75) is 0 Å². The van der Waals surface area contributed by atoms with E-state index in [-0.39, 0.29) is 5.75 Å². The van der Waals surface area contributed by atoms with Crippen molar-refractivity contribution in [3.05, 3.63) is 60.9 Å². The number of fused-ring (bicyclic) bond motifs is 1. The van der Waals surface area contributed by atoms with Crippen molar-refractivity contribution >= 4 is 47.4 Å². The van der Waals surface area contributed by atoms with Gasteiger partial charge in [0.15, 0.2) is 11.5 Å². The first kappa shape index (κ1) is 17.6. The number of methoxy groups -OCH3 is 1. The van der Waals surface area contributed by atoms with E-state index in [2.05, 4.69) is 25.6 Å². The Morgan fingerprint density at radius 1 is 0.964 bits per heavy atom. The van der Waals surface area contributed by atoms with E-state index in [4.69, 9.17) is 12.6 Å². The van der Waals surface area contributed by atoms with Crippen molar-refractivity contribution in [3.8, 4) is 11.5 Å². The number of hydrogen-bond donors (Lipinski definition) is 3. The zero-order valence-corrected chi connectivity index (χ0v) is 15.0. The number of rotatable bonds is 5. The van der Waals surface area contributed by atoms with Gasteiger partial charge >= 0.3 is 0 Å². The number of ether oxygens (including phenoxy) is 1. The summed E-state index contributed by atoms with van der Waals surface area (Å²) in [5.41, 5.74) is 3.03. The summed E-state index contributed by atoms with van der Waals surface area (Å²) >= 11 is 0. The maximum Gasteiger partial charge on any atom is 0.229 e. The molecule has 0 unspecified atom stereocenters. The summed E-state index contributed by atoms with van der Waals surface area (Å²) in [6.07, 6.45) is 3.38. The standard InChI is InChI=1S/C20H16BN5O2/c1-28-18-10-14(3-5-17(18)27)25-20-22-7-6-19(26-20)24-15-9-12-8-13(21)2-4-16(12)23-11-15/h2-11,27H,1H3,(H2,22,24,25,26). The Hall–Kier alpha value is -3.81. The van der Waals surface area contributed by atoms with Crippen LogP contribution < -0.4 is 20.8 Å². The second-order valence-corrected chi connectivity index (χ2v) is 6.08. The Morgan fingerprint density at radius 3 is 2.71 bits per heavy atom. The van der Waals surface area contributed by atoms with Gasteiger partial charge in [-0.05, 0) is 30.3 Å². The fourth-order valence-electron chi connectivity index (χ4n) is 2.74. The van der Waals surface area contributed by atoms with Crippen LogP contribution in [-0.4, -0.2) is 35.0 Å². The van der Waals surface area contributed by atoms with Gasteiger partial charge in [-0.2, -0.15) is 4.98 Å². The molecule has 7 nitrogen and oxygen atoms in total. The summed E-state index contributed by atoms with van der Waals surface area (Å²) in [4.78, 5) is 13.1. The van der Waals surface area contributed by atoms with Crippen molar-refractivity contribution in [3.63, 3.8) is 0 Å². The lowest BCUT2D eigenvalue weighted by atomic mass is 9.95. The molecule has 0 aliphatic heterocycles. The van der Waals surface area contributed by atoms with Crippen molar-refractivity contribution in [1.29, 1.82) is 0 Å². The van der Waals surface area contributed by atoms with Gasteiger partial charge in [-0.1, -0.05) is 17.6 Å². The minimum Gasteiger partial charge on any atom is -0.504 e. The molecule has 2 aromatic carbocycles. The maximum atomic E-state index is 9.69. The van der Waals surface area contributed by atoms with Crippen LogP contribution in [0.15, 0.2) is 60.9 Å². The van der Waals surface area contributed by atoms with Crippen LogP contribution in [-0.2, 0) is 0 Å². The number of nitrogens with zero attached hydrogens (tertiary/aromatic N) is 3. The Kier molecular flexibility index (Phi) is 4.68. The minimum atomic E-state index is 0.0637. The van der Waals surface area contributed by atoms with E-state index < -0.39 is 0 Å². The first-order chi connectivity index (χ1) is 13.6. The summed E-state index contributed by atoms with van der Waals surface area (Å²) < 4.78 is 5.11. The summed E-state index contributed by atoms with van der Waals surface area (Å²) in [5.74, 6) is 1.43. The second-order valence-electron chi connectivity index (χ2n) is 6.08. The average molecular weight is 369 g/mol. The smallest absolute Gasteiger partial charge is 0.229 e. The molecule has 4 aromatic rings. The lowest BCUT2D eigenvalue weighted by Crippen LogP contribution is -2.02. The molecule has 0 amide bonds. The van der Waals surface area contributed by atoms with Crippen molar-refractivity contribution in [2.75, 3.05) is 17.7 Å². The number of aromatic nitrogens is 3. The zero-order chi connectivity index (χ0) is 19.5. The summed E-state index contributed by atoms with van der Waals surface area (Å²) in [7, 11) is 7.34. The van der Waals surface area contributed by atoms with Gasteiger partial charge in [0.25, 0.3) is 0 Å². The van der Waals surface area contributed by atoms with E-state index in [1.54, 1.807) is 30.6 Å². The van der Waals surface area contributed by atoms with Gasteiger partial charge in [0, 0.05) is 23.3 Å². The average Bonchev–Trinajstić information content (AvgIpc) is 2.69. The van der Waals surface area contributed by atoms with Crippen LogP contribution in [0.25, 0.3) is 10.9 Å². The SMILES string of the molecule is [B]c1ccc2ncc(Nc3ccnc(Nc4ccc(O)c(OC)c4)n3)cc2c1. The minimum absolute atomic E-state index is 0.0637. The third-order valence-electron chi connectivity index (χ3n) is 4.07.